The summed E-state index contributed by atoms with van der Waals surface area (Å²) in [6.45, 7) is 2.85. The first kappa shape index (κ1) is 15.8. The Morgan fingerprint density at radius 1 is 1.16 bits per heavy atom. The van der Waals surface area contributed by atoms with Crippen LogP contribution in [0.15, 0.2) is 24.3 Å². The van der Waals surface area contributed by atoms with Crippen molar-refractivity contribution >= 4 is 5.69 Å². The highest BCUT2D eigenvalue weighted by Crippen LogP contribution is 2.15. The molecule has 0 aliphatic carbocycles. The van der Waals surface area contributed by atoms with E-state index in [1.54, 1.807) is 7.11 Å². The maximum atomic E-state index is 9.73. The summed E-state index contributed by atoms with van der Waals surface area (Å²) in [5.74, 6) is 0.725. The van der Waals surface area contributed by atoms with Crippen molar-refractivity contribution in [3.63, 3.8) is 0 Å². The van der Waals surface area contributed by atoms with Crippen LogP contribution >= 0.6 is 0 Å². The second-order valence-corrected chi connectivity index (χ2v) is 4.34. The van der Waals surface area contributed by atoms with Crippen LogP contribution in [0.2, 0.25) is 0 Å². The number of methoxy groups -OCH3 is 1. The molecule has 1 aromatic carbocycles. The molecule has 0 radical (unpaired) electrons. The normalized spacial score (nSPS) is 13.9. The second kappa shape index (κ2) is 8.74. The van der Waals surface area contributed by atoms with Gasteiger partial charge >= 0.3 is 0 Å². The Labute approximate surface area is 114 Å². The van der Waals surface area contributed by atoms with Crippen LogP contribution < -0.4 is 10.1 Å². The first-order valence-corrected chi connectivity index (χ1v) is 6.35. The molecule has 0 heterocycles. The fourth-order valence-electron chi connectivity index (χ4n) is 1.52. The number of hydrogen-bond donors (Lipinski definition) is 2. The van der Waals surface area contributed by atoms with Gasteiger partial charge in [-0.2, -0.15) is 0 Å². The molecular formula is C14H23NO4. The summed E-state index contributed by atoms with van der Waals surface area (Å²) in [6.07, 6.45) is -0.683. The lowest BCUT2D eigenvalue weighted by Crippen LogP contribution is -2.27. The van der Waals surface area contributed by atoms with Crippen LogP contribution in [0.25, 0.3) is 0 Å². The first-order valence-electron chi connectivity index (χ1n) is 6.35. The van der Waals surface area contributed by atoms with E-state index in [1.165, 1.54) is 0 Å². The Hall–Kier alpha value is -1.30. The van der Waals surface area contributed by atoms with Crippen molar-refractivity contribution in [2.75, 3.05) is 39.3 Å². The van der Waals surface area contributed by atoms with Gasteiger partial charge in [-0.15, -0.1) is 0 Å². The van der Waals surface area contributed by atoms with Gasteiger partial charge in [0.2, 0.25) is 0 Å². The van der Waals surface area contributed by atoms with E-state index in [2.05, 4.69) is 5.32 Å². The Morgan fingerprint density at radius 3 is 2.42 bits per heavy atom. The lowest BCUT2D eigenvalue weighted by Gasteiger charge is -2.16. The molecule has 1 rings (SSSR count). The predicted octanol–water partition coefficient (Wildman–Crippen LogP) is 1.52. The zero-order chi connectivity index (χ0) is 14.1. The summed E-state index contributed by atoms with van der Waals surface area (Å²) < 4.78 is 15.8. The van der Waals surface area contributed by atoms with Crippen LogP contribution in [-0.2, 0) is 9.47 Å². The number of hydrogen-bond acceptors (Lipinski definition) is 5. The van der Waals surface area contributed by atoms with Gasteiger partial charge in [-0.25, -0.2) is 0 Å². The van der Waals surface area contributed by atoms with Crippen molar-refractivity contribution in [3.05, 3.63) is 24.3 Å². The van der Waals surface area contributed by atoms with Crippen LogP contribution in [0.4, 0.5) is 5.69 Å². The van der Waals surface area contributed by atoms with Crippen molar-refractivity contribution in [2.24, 2.45) is 0 Å². The molecule has 0 amide bonds. The molecule has 5 nitrogen and oxygen atoms in total. The van der Waals surface area contributed by atoms with Crippen LogP contribution in [0.3, 0.4) is 0 Å². The van der Waals surface area contributed by atoms with Gasteiger partial charge in [0.1, 0.15) is 18.5 Å². The van der Waals surface area contributed by atoms with Gasteiger partial charge in [-0.1, -0.05) is 0 Å². The van der Waals surface area contributed by atoms with Crippen molar-refractivity contribution < 1.29 is 19.3 Å². The van der Waals surface area contributed by atoms with E-state index >= 15 is 0 Å². The number of aliphatic hydroxyl groups excluding tert-OH is 1. The summed E-state index contributed by atoms with van der Waals surface area (Å²) in [5, 5.41) is 12.8. The number of aliphatic hydroxyl groups is 1. The number of ether oxygens (including phenoxy) is 3. The molecule has 0 aliphatic heterocycles. The van der Waals surface area contributed by atoms with Gasteiger partial charge in [0, 0.05) is 19.8 Å². The SMILES string of the molecule is CNc1ccc(OCC(O)COC(C)COC)cc1. The third-order valence-corrected chi connectivity index (χ3v) is 2.56. The van der Waals surface area contributed by atoms with Gasteiger partial charge in [0.05, 0.1) is 19.3 Å². The molecule has 2 N–H and O–H groups in total. The Bertz CT molecular complexity index is 342. The molecule has 0 saturated carbocycles. The lowest BCUT2D eigenvalue weighted by atomic mass is 10.3. The van der Waals surface area contributed by atoms with Gasteiger partial charge < -0.3 is 24.6 Å². The number of nitrogens with one attached hydrogen (secondary N) is 1. The molecule has 5 heteroatoms. The molecular weight excluding hydrogens is 246 g/mol. The molecule has 0 aromatic heterocycles. The van der Waals surface area contributed by atoms with Crippen molar-refractivity contribution in [3.8, 4) is 5.75 Å². The van der Waals surface area contributed by atoms with Crippen LogP contribution in [0, 0.1) is 0 Å². The highest BCUT2D eigenvalue weighted by molar-refractivity contribution is 5.45. The van der Waals surface area contributed by atoms with E-state index in [0.717, 1.165) is 11.4 Å². The minimum atomic E-state index is -0.650. The molecule has 0 aliphatic rings. The van der Waals surface area contributed by atoms with Gasteiger partial charge in [-0.3, -0.25) is 0 Å². The number of anilines is 1. The quantitative estimate of drug-likeness (QED) is 0.712. The average Bonchev–Trinajstić information content (AvgIpc) is 2.44. The van der Waals surface area contributed by atoms with E-state index < -0.39 is 6.10 Å². The minimum Gasteiger partial charge on any atom is -0.491 e. The Balaban J connectivity index is 2.23. The second-order valence-electron chi connectivity index (χ2n) is 4.34. The van der Waals surface area contributed by atoms with Gasteiger partial charge in [0.25, 0.3) is 0 Å². The largest absolute Gasteiger partial charge is 0.491 e. The Morgan fingerprint density at radius 2 is 1.84 bits per heavy atom. The van der Waals surface area contributed by atoms with Crippen LogP contribution in [-0.4, -0.2) is 51.3 Å². The predicted molar refractivity (Wildman–Crippen MR) is 74.8 cm³/mol. The molecule has 0 bridgehead atoms. The van der Waals surface area contributed by atoms with E-state index in [9.17, 15) is 5.11 Å². The lowest BCUT2D eigenvalue weighted by molar-refractivity contribution is -0.0422. The third kappa shape index (κ3) is 6.42. The summed E-state index contributed by atoms with van der Waals surface area (Å²) >= 11 is 0. The van der Waals surface area contributed by atoms with E-state index in [0.29, 0.717) is 6.61 Å². The van der Waals surface area contributed by atoms with Gasteiger partial charge in [0.15, 0.2) is 0 Å². The molecule has 19 heavy (non-hydrogen) atoms. The molecule has 0 fully saturated rings. The molecule has 0 spiro atoms. The molecule has 2 unspecified atom stereocenters. The zero-order valence-electron chi connectivity index (χ0n) is 11.8. The van der Waals surface area contributed by atoms with Crippen molar-refractivity contribution in [1.29, 1.82) is 0 Å². The summed E-state index contributed by atoms with van der Waals surface area (Å²) in [7, 11) is 3.48. The van der Waals surface area contributed by atoms with Crippen molar-refractivity contribution in [2.45, 2.75) is 19.1 Å². The molecule has 2 atom stereocenters. The minimum absolute atomic E-state index is 0.0328. The maximum absolute atomic E-state index is 9.73. The number of benzene rings is 1. The topological polar surface area (TPSA) is 60.0 Å². The number of rotatable bonds is 9. The van der Waals surface area contributed by atoms with E-state index in [-0.39, 0.29) is 19.3 Å². The standard InChI is InChI=1S/C14H23NO4/c1-11(8-17-3)18-9-13(16)10-19-14-6-4-12(15-2)5-7-14/h4-7,11,13,15-16H,8-10H2,1-3H3. The van der Waals surface area contributed by atoms with Crippen molar-refractivity contribution in [1.82, 2.24) is 0 Å². The van der Waals surface area contributed by atoms with Crippen LogP contribution in [0.5, 0.6) is 5.75 Å². The van der Waals surface area contributed by atoms with E-state index in [1.807, 2.05) is 38.2 Å². The smallest absolute Gasteiger partial charge is 0.119 e. The molecule has 0 saturated heterocycles. The maximum Gasteiger partial charge on any atom is 0.119 e. The monoisotopic (exact) mass is 269 g/mol. The first-order chi connectivity index (χ1) is 9.15. The summed E-state index contributed by atoms with van der Waals surface area (Å²) in [6, 6.07) is 7.54. The third-order valence-electron chi connectivity index (χ3n) is 2.56. The highest BCUT2D eigenvalue weighted by atomic mass is 16.5. The molecule has 1 aromatic rings. The van der Waals surface area contributed by atoms with Crippen LogP contribution in [0.1, 0.15) is 6.92 Å². The summed E-state index contributed by atoms with van der Waals surface area (Å²) in [5.41, 5.74) is 1.02. The van der Waals surface area contributed by atoms with E-state index in [4.69, 9.17) is 14.2 Å². The fraction of sp³-hybridized carbons (Fsp3) is 0.571. The van der Waals surface area contributed by atoms with Gasteiger partial charge in [-0.05, 0) is 31.2 Å². The molecule has 108 valence electrons. The zero-order valence-corrected chi connectivity index (χ0v) is 11.8. The summed E-state index contributed by atoms with van der Waals surface area (Å²) in [4.78, 5) is 0. The highest BCUT2D eigenvalue weighted by Gasteiger charge is 2.09. The fourth-order valence-corrected chi connectivity index (χ4v) is 1.52. The Kier molecular flexibility index (Phi) is 7.25. The average molecular weight is 269 g/mol.